The summed E-state index contributed by atoms with van der Waals surface area (Å²) in [5, 5.41) is 0. The summed E-state index contributed by atoms with van der Waals surface area (Å²) in [6.07, 6.45) is 0.833. The molecular weight excluding hydrogens is 166 g/mol. The Morgan fingerprint density at radius 1 is 1.45 bits per heavy atom. The van der Waals surface area contributed by atoms with E-state index in [-0.39, 0.29) is 11.8 Å². The zero-order valence-corrected chi connectivity index (χ0v) is 7.94. The zero-order chi connectivity index (χ0) is 8.91. The van der Waals surface area contributed by atoms with Gasteiger partial charge in [0.25, 0.3) is 10.1 Å². The molecule has 0 heterocycles. The van der Waals surface area contributed by atoms with E-state index in [0.29, 0.717) is 0 Å². The summed E-state index contributed by atoms with van der Waals surface area (Å²) in [6, 6.07) is 0.0660. The van der Waals surface area contributed by atoms with Crippen molar-refractivity contribution >= 4 is 10.1 Å². The van der Waals surface area contributed by atoms with Crippen LogP contribution in [0.3, 0.4) is 0 Å². The fourth-order valence-corrected chi connectivity index (χ4v) is 0.726. The molecular formula is C6H15NO3S. The summed E-state index contributed by atoms with van der Waals surface area (Å²) >= 11 is 0. The minimum absolute atomic E-state index is 0.00354. The summed E-state index contributed by atoms with van der Waals surface area (Å²) in [7, 11) is -3.34. The molecule has 0 aromatic rings. The molecule has 1 atom stereocenters. The maximum atomic E-state index is 10.7. The van der Waals surface area contributed by atoms with Crippen LogP contribution in [0, 0.1) is 0 Å². The summed E-state index contributed by atoms with van der Waals surface area (Å²) < 4.78 is 25.9. The Balaban J connectivity index is 3.71. The monoisotopic (exact) mass is 181 g/mol. The highest BCUT2D eigenvalue weighted by Crippen LogP contribution is 1.93. The van der Waals surface area contributed by atoms with Crippen LogP contribution in [0.4, 0.5) is 0 Å². The van der Waals surface area contributed by atoms with Crippen LogP contribution >= 0.6 is 0 Å². The molecule has 0 saturated carbocycles. The topological polar surface area (TPSA) is 55.4 Å². The third-order valence-electron chi connectivity index (χ3n) is 1.34. The molecule has 11 heavy (non-hydrogen) atoms. The molecule has 0 aromatic carbocycles. The molecule has 1 unspecified atom stereocenters. The van der Waals surface area contributed by atoms with E-state index in [9.17, 15) is 8.42 Å². The first-order valence-corrected chi connectivity index (χ1v) is 5.26. The number of rotatable bonds is 5. The maximum Gasteiger partial charge on any atom is 0.282 e. The number of hydrogen-bond donors (Lipinski definition) is 1. The molecule has 0 radical (unpaired) electrons. The van der Waals surface area contributed by atoms with Gasteiger partial charge in [-0.1, -0.05) is 6.92 Å². The minimum atomic E-state index is -3.34. The van der Waals surface area contributed by atoms with E-state index in [2.05, 4.69) is 9.76 Å². The predicted molar refractivity (Wildman–Crippen MR) is 43.4 cm³/mol. The van der Waals surface area contributed by atoms with Gasteiger partial charge in [-0.15, -0.1) is 0 Å². The Morgan fingerprint density at radius 3 is 2.36 bits per heavy atom. The van der Waals surface area contributed by atoms with Gasteiger partial charge in [-0.25, -0.2) is 0 Å². The first-order valence-electron chi connectivity index (χ1n) is 3.68. The fraction of sp³-hybridized carbons (Fsp3) is 1.00. The lowest BCUT2D eigenvalue weighted by molar-refractivity contribution is 0.168. The molecule has 0 aliphatic rings. The highest BCUT2D eigenvalue weighted by molar-refractivity contribution is 7.86. The van der Waals surface area contributed by atoms with E-state index in [4.69, 9.17) is 0 Å². The van der Waals surface area contributed by atoms with Crippen LogP contribution in [0.2, 0.25) is 0 Å². The number of hydroxylamine groups is 1. The number of hydrogen-bond acceptors (Lipinski definition) is 4. The SMILES string of the molecule is CCC(C)NOS(=O)(=O)CC. The smallest absolute Gasteiger partial charge is 0.198 e. The molecule has 0 aliphatic carbocycles. The summed E-state index contributed by atoms with van der Waals surface area (Å²) in [4.78, 5) is 0. The molecule has 0 aliphatic heterocycles. The van der Waals surface area contributed by atoms with E-state index < -0.39 is 10.1 Å². The largest absolute Gasteiger partial charge is 0.282 e. The van der Waals surface area contributed by atoms with E-state index >= 15 is 0 Å². The van der Waals surface area contributed by atoms with E-state index in [1.54, 1.807) is 0 Å². The average Bonchev–Trinajstić information content (AvgIpc) is 2.00. The molecule has 4 nitrogen and oxygen atoms in total. The van der Waals surface area contributed by atoms with Crippen LogP contribution in [0.5, 0.6) is 0 Å². The first-order chi connectivity index (χ1) is 5.02. The average molecular weight is 181 g/mol. The van der Waals surface area contributed by atoms with Gasteiger partial charge in [-0.05, 0) is 20.3 Å². The number of nitrogens with one attached hydrogen (secondary N) is 1. The van der Waals surface area contributed by atoms with Crippen molar-refractivity contribution in [3.63, 3.8) is 0 Å². The lowest BCUT2D eigenvalue weighted by Crippen LogP contribution is -2.29. The van der Waals surface area contributed by atoms with Crippen LogP contribution in [-0.2, 0) is 14.4 Å². The Kier molecular flexibility index (Phi) is 4.63. The second-order valence-electron chi connectivity index (χ2n) is 2.36. The Labute approximate surface area is 68.0 Å². The lowest BCUT2D eigenvalue weighted by atomic mass is 10.3. The highest BCUT2D eigenvalue weighted by Gasteiger charge is 2.08. The summed E-state index contributed by atoms with van der Waals surface area (Å²) in [6.45, 7) is 5.33. The molecule has 0 amide bonds. The second-order valence-corrected chi connectivity index (χ2v) is 4.22. The van der Waals surface area contributed by atoms with Crippen LogP contribution in [-0.4, -0.2) is 20.2 Å². The van der Waals surface area contributed by atoms with Gasteiger partial charge in [-0.3, -0.25) is 0 Å². The minimum Gasteiger partial charge on any atom is -0.198 e. The molecule has 1 N–H and O–H groups in total. The van der Waals surface area contributed by atoms with Crippen LogP contribution < -0.4 is 5.48 Å². The van der Waals surface area contributed by atoms with Crippen molar-refractivity contribution < 1.29 is 12.7 Å². The maximum absolute atomic E-state index is 10.7. The predicted octanol–water partition coefficient (Wildman–Crippen LogP) is 0.656. The third kappa shape index (κ3) is 5.17. The van der Waals surface area contributed by atoms with Gasteiger partial charge in [0, 0.05) is 6.04 Å². The normalized spacial score (nSPS) is 14.8. The first kappa shape index (κ1) is 10.9. The molecule has 68 valence electrons. The van der Waals surface area contributed by atoms with Crippen molar-refractivity contribution in [2.75, 3.05) is 5.75 Å². The summed E-state index contributed by atoms with van der Waals surface area (Å²) in [5.41, 5.74) is 2.44. The Hall–Kier alpha value is -0.130. The molecule has 0 spiro atoms. The summed E-state index contributed by atoms with van der Waals surface area (Å²) in [5.74, 6) is -0.00354. The van der Waals surface area contributed by atoms with E-state index in [0.717, 1.165) is 6.42 Å². The molecule has 5 heteroatoms. The standard InChI is InChI=1S/C6H15NO3S/c1-4-6(3)7-10-11(8,9)5-2/h6-7H,4-5H2,1-3H3. The van der Waals surface area contributed by atoms with Gasteiger partial charge in [-0.2, -0.15) is 18.2 Å². The lowest BCUT2D eigenvalue weighted by Gasteiger charge is -2.09. The van der Waals surface area contributed by atoms with Crippen molar-refractivity contribution in [3.05, 3.63) is 0 Å². The van der Waals surface area contributed by atoms with Crippen LogP contribution in [0.1, 0.15) is 27.2 Å². The van der Waals surface area contributed by atoms with Crippen molar-refractivity contribution in [2.24, 2.45) is 0 Å². The Morgan fingerprint density at radius 2 is 2.00 bits per heavy atom. The van der Waals surface area contributed by atoms with Crippen LogP contribution in [0.15, 0.2) is 0 Å². The van der Waals surface area contributed by atoms with Gasteiger partial charge >= 0.3 is 0 Å². The molecule has 0 bridgehead atoms. The van der Waals surface area contributed by atoms with E-state index in [1.807, 2.05) is 13.8 Å². The van der Waals surface area contributed by atoms with Gasteiger partial charge < -0.3 is 0 Å². The van der Waals surface area contributed by atoms with E-state index in [1.165, 1.54) is 6.92 Å². The van der Waals surface area contributed by atoms with Crippen LogP contribution in [0.25, 0.3) is 0 Å². The Bertz CT molecular complexity index is 188. The third-order valence-corrected chi connectivity index (χ3v) is 2.40. The molecule has 0 rings (SSSR count). The van der Waals surface area contributed by atoms with Crippen molar-refractivity contribution in [2.45, 2.75) is 33.2 Å². The van der Waals surface area contributed by atoms with Gasteiger partial charge in [0.1, 0.15) is 0 Å². The zero-order valence-electron chi connectivity index (χ0n) is 7.12. The molecule has 0 saturated heterocycles. The van der Waals surface area contributed by atoms with Gasteiger partial charge in [0.15, 0.2) is 0 Å². The van der Waals surface area contributed by atoms with Crippen molar-refractivity contribution in [1.29, 1.82) is 0 Å². The molecule has 0 fully saturated rings. The van der Waals surface area contributed by atoms with Crippen molar-refractivity contribution in [1.82, 2.24) is 5.48 Å². The quantitative estimate of drug-likeness (QED) is 0.633. The molecule has 0 aromatic heterocycles. The van der Waals surface area contributed by atoms with Crippen molar-refractivity contribution in [3.8, 4) is 0 Å². The van der Waals surface area contributed by atoms with Gasteiger partial charge in [0.05, 0.1) is 5.75 Å². The highest BCUT2D eigenvalue weighted by atomic mass is 32.2. The fourth-order valence-electron chi connectivity index (χ4n) is 0.298. The van der Waals surface area contributed by atoms with Gasteiger partial charge in [0.2, 0.25) is 0 Å². The second kappa shape index (κ2) is 4.69.